The summed E-state index contributed by atoms with van der Waals surface area (Å²) in [5.74, 6) is 0.317. The first-order valence-electron chi connectivity index (χ1n) is 6.41. The minimum atomic E-state index is -0.311. The SMILES string of the molecule is Cc1ccc(OCC(=O)NN=Cc2ccccc2)c(Br)c1. The summed E-state index contributed by atoms with van der Waals surface area (Å²) in [5, 5.41) is 3.87. The summed E-state index contributed by atoms with van der Waals surface area (Å²) in [5.41, 5.74) is 4.46. The molecule has 0 spiro atoms. The molecule has 0 heterocycles. The first kappa shape index (κ1) is 15.3. The van der Waals surface area contributed by atoms with Gasteiger partial charge < -0.3 is 4.74 Å². The first-order chi connectivity index (χ1) is 10.1. The van der Waals surface area contributed by atoms with Crippen molar-refractivity contribution in [1.82, 2.24) is 5.43 Å². The van der Waals surface area contributed by atoms with Crippen LogP contribution in [-0.2, 0) is 4.79 Å². The molecule has 2 aromatic rings. The Morgan fingerprint density at radius 2 is 2.05 bits per heavy atom. The lowest BCUT2D eigenvalue weighted by Crippen LogP contribution is -2.24. The molecule has 0 radical (unpaired) electrons. The highest BCUT2D eigenvalue weighted by Gasteiger charge is 2.04. The van der Waals surface area contributed by atoms with Crippen LogP contribution in [-0.4, -0.2) is 18.7 Å². The fourth-order valence-electron chi connectivity index (χ4n) is 1.62. The van der Waals surface area contributed by atoms with E-state index in [2.05, 4.69) is 26.5 Å². The molecule has 0 aromatic heterocycles. The summed E-state index contributed by atoms with van der Waals surface area (Å²) in [6.07, 6.45) is 1.58. The number of hydrogen-bond donors (Lipinski definition) is 1. The average Bonchev–Trinajstić information content (AvgIpc) is 2.47. The monoisotopic (exact) mass is 346 g/mol. The Bertz CT molecular complexity index is 642. The van der Waals surface area contributed by atoms with Crippen molar-refractivity contribution in [3.63, 3.8) is 0 Å². The minimum absolute atomic E-state index is 0.0895. The molecule has 0 bridgehead atoms. The molecule has 2 rings (SSSR count). The molecule has 1 amide bonds. The molecule has 0 aliphatic rings. The number of carbonyl (C=O) groups is 1. The molecule has 0 aliphatic heterocycles. The summed E-state index contributed by atoms with van der Waals surface area (Å²) in [6.45, 7) is 1.90. The van der Waals surface area contributed by atoms with Crippen molar-refractivity contribution in [2.24, 2.45) is 5.10 Å². The summed E-state index contributed by atoms with van der Waals surface area (Å²) in [6, 6.07) is 15.2. The van der Waals surface area contributed by atoms with Crippen LogP contribution in [0.15, 0.2) is 58.1 Å². The number of aryl methyl sites for hydroxylation is 1. The second-order valence-corrected chi connectivity index (χ2v) is 5.28. The molecule has 0 saturated heterocycles. The molecule has 0 unspecified atom stereocenters. The Balaban J connectivity index is 1.81. The van der Waals surface area contributed by atoms with Gasteiger partial charge in [0, 0.05) is 0 Å². The second kappa shape index (κ2) is 7.59. The number of benzene rings is 2. The van der Waals surface area contributed by atoms with Gasteiger partial charge in [-0.1, -0.05) is 36.4 Å². The molecule has 0 atom stereocenters. The van der Waals surface area contributed by atoms with Crippen LogP contribution < -0.4 is 10.2 Å². The molecule has 2 aromatic carbocycles. The van der Waals surface area contributed by atoms with Crippen LogP contribution in [0, 0.1) is 6.92 Å². The quantitative estimate of drug-likeness (QED) is 0.667. The fourth-order valence-corrected chi connectivity index (χ4v) is 2.22. The Hall–Kier alpha value is -2.14. The average molecular weight is 347 g/mol. The van der Waals surface area contributed by atoms with Gasteiger partial charge in [-0.3, -0.25) is 4.79 Å². The molecule has 108 valence electrons. The van der Waals surface area contributed by atoms with Gasteiger partial charge in [-0.2, -0.15) is 5.10 Å². The van der Waals surface area contributed by atoms with Gasteiger partial charge in [0.1, 0.15) is 5.75 Å². The van der Waals surface area contributed by atoms with Crippen molar-refractivity contribution in [2.75, 3.05) is 6.61 Å². The van der Waals surface area contributed by atoms with Crippen LogP contribution in [0.25, 0.3) is 0 Å². The van der Waals surface area contributed by atoms with Crippen molar-refractivity contribution < 1.29 is 9.53 Å². The number of hydrogen-bond acceptors (Lipinski definition) is 3. The van der Waals surface area contributed by atoms with Gasteiger partial charge >= 0.3 is 0 Å². The molecule has 4 nitrogen and oxygen atoms in total. The normalized spacial score (nSPS) is 10.6. The molecular weight excluding hydrogens is 332 g/mol. The zero-order valence-electron chi connectivity index (χ0n) is 11.5. The smallest absolute Gasteiger partial charge is 0.277 e. The summed E-state index contributed by atoms with van der Waals surface area (Å²) in [7, 11) is 0. The number of hydrazone groups is 1. The number of ether oxygens (including phenoxy) is 1. The van der Waals surface area contributed by atoms with Gasteiger partial charge in [0.15, 0.2) is 6.61 Å². The zero-order chi connectivity index (χ0) is 15.1. The lowest BCUT2D eigenvalue weighted by Gasteiger charge is -2.07. The Morgan fingerprint density at radius 3 is 2.76 bits per heavy atom. The first-order valence-corrected chi connectivity index (χ1v) is 7.20. The van der Waals surface area contributed by atoms with Gasteiger partial charge in [0.2, 0.25) is 0 Å². The van der Waals surface area contributed by atoms with Crippen LogP contribution in [0.2, 0.25) is 0 Å². The van der Waals surface area contributed by atoms with E-state index in [0.29, 0.717) is 5.75 Å². The highest BCUT2D eigenvalue weighted by Crippen LogP contribution is 2.25. The van der Waals surface area contributed by atoms with Gasteiger partial charge in [0.25, 0.3) is 5.91 Å². The van der Waals surface area contributed by atoms with E-state index < -0.39 is 0 Å². The van der Waals surface area contributed by atoms with E-state index in [9.17, 15) is 4.79 Å². The Morgan fingerprint density at radius 1 is 1.29 bits per heavy atom. The highest BCUT2D eigenvalue weighted by atomic mass is 79.9. The maximum Gasteiger partial charge on any atom is 0.277 e. The van der Waals surface area contributed by atoms with E-state index in [1.54, 1.807) is 6.21 Å². The maximum atomic E-state index is 11.6. The third-order valence-corrected chi connectivity index (χ3v) is 3.27. The van der Waals surface area contributed by atoms with E-state index in [-0.39, 0.29) is 12.5 Å². The lowest BCUT2D eigenvalue weighted by atomic mass is 10.2. The second-order valence-electron chi connectivity index (χ2n) is 4.43. The number of rotatable bonds is 5. The van der Waals surface area contributed by atoms with Gasteiger partial charge in [-0.25, -0.2) is 5.43 Å². The standard InChI is InChI=1S/C16H15BrN2O2/c1-12-7-8-15(14(17)9-12)21-11-16(20)19-18-10-13-5-3-2-4-6-13/h2-10H,11H2,1H3,(H,19,20). The maximum absolute atomic E-state index is 11.6. The zero-order valence-corrected chi connectivity index (χ0v) is 13.1. The Labute approximate surface area is 132 Å². The van der Waals surface area contributed by atoms with E-state index >= 15 is 0 Å². The molecule has 5 heteroatoms. The third kappa shape index (κ3) is 5.04. The van der Waals surface area contributed by atoms with Crippen LogP contribution in [0.4, 0.5) is 0 Å². The molecule has 21 heavy (non-hydrogen) atoms. The van der Waals surface area contributed by atoms with Crippen LogP contribution >= 0.6 is 15.9 Å². The number of halogens is 1. The number of carbonyl (C=O) groups excluding carboxylic acids is 1. The molecular formula is C16H15BrN2O2. The van der Waals surface area contributed by atoms with Crippen molar-refractivity contribution >= 4 is 28.1 Å². The molecule has 0 aliphatic carbocycles. The van der Waals surface area contributed by atoms with Gasteiger partial charge in [-0.05, 0) is 46.1 Å². The third-order valence-electron chi connectivity index (χ3n) is 2.65. The summed E-state index contributed by atoms with van der Waals surface area (Å²) in [4.78, 5) is 11.6. The van der Waals surface area contributed by atoms with Crippen LogP contribution in [0.5, 0.6) is 5.75 Å². The van der Waals surface area contributed by atoms with E-state index in [1.165, 1.54) is 0 Å². The minimum Gasteiger partial charge on any atom is -0.483 e. The lowest BCUT2D eigenvalue weighted by molar-refractivity contribution is -0.123. The number of nitrogens with zero attached hydrogens (tertiary/aromatic N) is 1. The molecule has 1 N–H and O–H groups in total. The molecule has 0 fully saturated rings. The van der Waals surface area contributed by atoms with Gasteiger partial charge in [0.05, 0.1) is 10.7 Å². The topological polar surface area (TPSA) is 50.7 Å². The van der Waals surface area contributed by atoms with Crippen LogP contribution in [0.1, 0.15) is 11.1 Å². The van der Waals surface area contributed by atoms with Crippen molar-refractivity contribution in [1.29, 1.82) is 0 Å². The summed E-state index contributed by atoms with van der Waals surface area (Å²) >= 11 is 3.39. The van der Waals surface area contributed by atoms with Gasteiger partial charge in [-0.15, -0.1) is 0 Å². The van der Waals surface area contributed by atoms with E-state index in [4.69, 9.17) is 4.74 Å². The largest absolute Gasteiger partial charge is 0.483 e. The molecule has 0 saturated carbocycles. The van der Waals surface area contributed by atoms with Crippen molar-refractivity contribution in [3.8, 4) is 5.75 Å². The van der Waals surface area contributed by atoms with Crippen molar-refractivity contribution in [2.45, 2.75) is 6.92 Å². The summed E-state index contributed by atoms with van der Waals surface area (Å²) < 4.78 is 6.25. The number of nitrogens with one attached hydrogen (secondary N) is 1. The predicted octanol–water partition coefficient (Wildman–Crippen LogP) is 3.29. The van der Waals surface area contributed by atoms with Crippen LogP contribution in [0.3, 0.4) is 0 Å². The number of amides is 1. The predicted molar refractivity (Wildman–Crippen MR) is 86.6 cm³/mol. The Kier molecular flexibility index (Phi) is 5.51. The van der Waals surface area contributed by atoms with Crippen molar-refractivity contribution in [3.05, 3.63) is 64.1 Å². The van der Waals surface area contributed by atoms with E-state index in [0.717, 1.165) is 15.6 Å². The van der Waals surface area contributed by atoms with E-state index in [1.807, 2.05) is 55.5 Å². The fraction of sp³-hybridized carbons (Fsp3) is 0.125. The highest BCUT2D eigenvalue weighted by molar-refractivity contribution is 9.10.